The van der Waals surface area contributed by atoms with Crippen LogP contribution in [0.3, 0.4) is 0 Å². The third-order valence-corrected chi connectivity index (χ3v) is 3.10. The van der Waals surface area contributed by atoms with Crippen molar-refractivity contribution in [2.75, 3.05) is 11.1 Å². The zero-order chi connectivity index (χ0) is 14.0. The van der Waals surface area contributed by atoms with Gasteiger partial charge in [-0.2, -0.15) is 0 Å². The molecule has 5 nitrogen and oxygen atoms in total. The molecule has 0 fully saturated rings. The van der Waals surface area contributed by atoms with E-state index in [1.165, 1.54) is 18.3 Å². The fourth-order valence-electron chi connectivity index (χ4n) is 1.44. The molecule has 1 heterocycles. The molecule has 7 heteroatoms. The van der Waals surface area contributed by atoms with E-state index in [0.717, 1.165) is 0 Å². The summed E-state index contributed by atoms with van der Waals surface area (Å²) < 4.78 is 0.670. The summed E-state index contributed by atoms with van der Waals surface area (Å²) >= 11 is 9.09. The molecule has 1 aromatic heterocycles. The summed E-state index contributed by atoms with van der Waals surface area (Å²) in [7, 11) is 0. The second kappa shape index (κ2) is 5.46. The number of hydrogen-bond donors (Lipinski definition) is 3. The number of hydrogen-bond acceptors (Lipinski definition) is 4. The number of aromatic nitrogens is 1. The summed E-state index contributed by atoms with van der Waals surface area (Å²) in [5.74, 6) is -0.786. The fourth-order valence-corrected chi connectivity index (χ4v) is 1.93. The number of benzene rings is 1. The van der Waals surface area contributed by atoms with Gasteiger partial charge in [-0.25, -0.2) is 4.98 Å². The maximum atomic E-state index is 12.0. The number of amides is 1. The van der Waals surface area contributed by atoms with Gasteiger partial charge in [-0.1, -0.05) is 17.7 Å². The normalized spacial score (nSPS) is 10.2. The van der Waals surface area contributed by atoms with Crippen LogP contribution in [0.5, 0.6) is 5.75 Å². The average Bonchev–Trinajstić information content (AvgIpc) is 2.37. The van der Waals surface area contributed by atoms with E-state index in [0.29, 0.717) is 10.2 Å². The third kappa shape index (κ3) is 2.97. The Morgan fingerprint density at radius 2 is 2.21 bits per heavy atom. The van der Waals surface area contributed by atoms with E-state index >= 15 is 0 Å². The van der Waals surface area contributed by atoms with Gasteiger partial charge in [0.05, 0.1) is 16.9 Å². The van der Waals surface area contributed by atoms with Crippen molar-refractivity contribution in [3.63, 3.8) is 0 Å². The smallest absolute Gasteiger partial charge is 0.259 e. The molecule has 0 aliphatic rings. The zero-order valence-corrected chi connectivity index (χ0v) is 11.9. The largest absolute Gasteiger partial charge is 0.505 e. The van der Waals surface area contributed by atoms with Gasteiger partial charge in [0.25, 0.3) is 5.91 Å². The van der Waals surface area contributed by atoms with Crippen molar-refractivity contribution in [3.8, 4) is 5.75 Å². The van der Waals surface area contributed by atoms with Gasteiger partial charge in [0.2, 0.25) is 0 Å². The Bertz CT molecular complexity index is 649. The number of phenols is 1. The highest BCUT2D eigenvalue weighted by Gasteiger charge is 2.14. The summed E-state index contributed by atoms with van der Waals surface area (Å²) in [5.41, 5.74) is 6.06. The first-order chi connectivity index (χ1) is 8.99. The van der Waals surface area contributed by atoms with Crippen molar-refractivity contribution in [3.05, 3.63) is 45.7 Å². The number of rotatable bonds is 2. The number of anilines is 2. The molecular weight excluding hydrogens is 334 g/mol. The molecular formula is C12H9BrClN3O2. The molecule has 2 rings (SSSR count). The predicted octanol–water partition coefficient (Wildman–Crippen LogP) is 3.04. The molecule has 0 aliphatic heterocycles. The molecule has 1 amide bonds. The number of pyridine rings is 1. The van der Waals surface area contributed by atoms with E-state index < -0.39 is 5.91 Å². The van der Waals surface area contributed by atoms with Gasteiger partial charge in [-0.05, 0) is 34.1 Å². The predicted molar refractivity (Wildman–Crippen MR) is 77.4 cm³/mol. The molecule has 2 aromatic rings. The van der Waals surface area contributed by atoms with Crippen LogP contribution in [0.1, 0.15) is 10.4 Å². The minimum absolute atomic E-state index is 0.0658. The highest BCUT2D eigenvalue weighted by molar-refractivity contribution is 9.10. The van der Waals surface area contributed by atoms with Gasteiger partial charge < -0.3 is 16.2 Å². The van der Waals surface area contributed by atoms with Crippen LogP contribution in [-0.4, -0.2) is 16.0 Å². The van der Waals surface area contributed by atoms with E-state index in [9.17, 15) is 9.90 Å². The molecule has 0 atom stereocenters. The molecule has 0 aliphatic carbocycles. The van der Waals surface area contributed by atoms with Crippen molar-refractivity contribution in [2.24, 2.45) is 0 Å². The quantitative estimate of drug-likeness (QED) is 0.445. The number of nitrogens with two attached hydrogens (primary N) is 1. The zero-order valence-electron chi connectivity index (χ0n) is 9.52. The molecule has 98 valence electrons. The van der Waals surface area contributed by atoms with Crippen LogP contribution in [0.4, 0.5) is 11.4 Å². The lowest BCUT2D eigenvalue weighted by molar-refractivity contribution is 0.102. The molecule has 0 spiro atoms. The van der Waals surface area contributed by atoms with Crippen LogP contribution in [0, 0.1) is 0 Å². The maximum Gasteiger partial charge on any atom is 0.259 e. The number of carbonyl (C=O) groups is 1. The Kier molecular flexibility index (Phi) is 3.92. The van der Waals surface area contributed by atoms with Gasteiger partial charge in [0, 0.05) is 10.7 Å². The lowest BCUT2D eigenvalue weighted by Gasteiger charge is -2.09. The van der Waals surface area contributed by atoms with Gasteiger partial charge in [-0.15, -0.1) is 0 Å². The number of halogens is 2. The van der Waals surface area contributed by atoms with Crippen LogP contribution in [0.2, 0.25) is 5.15 Å². The van der Waals surface area contributed by atoms with E-state index in [1.54, 1.807) is 12.1 Å². The first-order valence-electron chi connectivity index (χ1n) is 5.19. The Hall–Kier alpha value is -1.79. The van der Waals surface area contributed by atoms with Crippen molar-refractivity contribution in [1.29, 1.82) is 0 Å². The van der Waals surface area contributed by atoms with Crippen molar-refractivity contribution >= 4 is 44.8 Å². The topological polar surface area (TPSA) is 88.2 Å². The van der Waals surface area contributed by atoms with E-state index in [4.69, 9.17) is 17.3 Å². The molecule has 4 N–H and O–H groups in total. The van der Waals surface area contributed by atoms with Gasteiger partial charge >= 0.3 is 0 Å². The summed E-state index contributed by atoms with van der Waals surface area (Å²) in [6, 6.07) is 6.14. The van der Waals surface area contributed by atoms with E-state index in [2.05, 4.69) is 26.2 Å². The Morgan fingerprint density at radius 1 is 1.47 bits per heavy atom. The standard InChI is InChI=1S/C12H9BrClN3O2/c13-6-4-9(11(14)16-5-6)17-12(19)7-2-1-3-8(15)10(7)18/h1-5,18H,15H2,(H,17,19). The number of phenolic OH excluding ortho intramolecular Hbond substituents is 1. The summed E-state index contributed by atoms with van der Waals surface area (Å²) in [6.07, 6.45) is 1.51. The summed E-state index contributed by atoms with van der Waals surface area (Å²) in [6.45, 7) is 0. The molecule has 19 heavy (non-hydrogen) atoms. The Balaban J connectivity index is 2.31. The molecule has 0 radical (unpaired) electrons. The second-order valence-corrected chi connectivity index (χ2v) is 4.96. The molecule has 0 saturated heterocycles. The number of nitrogens with zero attached hydrogens (tertiary/aromatic N) is 1. The SMILES string of the molecule is Nc1cccc(C(=O)Nc2cc(Br)cnc2Cl)c1O. The van der Waals surface area contributed by atoms with Crippen LogP contribution >= 0.6 is 27.5 Å². The van der Waals surface area contributed by atoms with Crippen LogP contribution in [0.15, 0.2) is 34.9 Å². The van der Waals surface area contributed by atoms with Crippen molar-refractivity contribution < 1.29 is 9.90 Å². The number of carbonyl (C=O) groups excluding carboxylic acids is 1. The number of nitrogen functional groups attached to an aromatic ring is 1. The monoisotopic (exact) mass is 341 g/mol. The average molecular weight is 343 g/mol. The number of nitrogens with one attached hydrogen (secondary N) is 1. The van der Waals surface area contributed by atoms with Crippen LogP contribution < -0.4 is 11.1 Å². The highest BCUT2D eigenvalue weighted by atomic mass is 79.9. The molecule has 1 aromatic carbocycles. The lowest BCUT2D eigenvalue weighted by Crippen LogP contribution is -2.13. The van der Waals surface area contributed by atoms with E-state index in [1.807, 2.05) is 0 Å². The first-order valence-corrected chi connectivity index (χ1v) is 6.36. The molecule has 0 unspecified atom stereocenters. The minimum Gasteiger partial charge on any atom is -0.505 e. The molecule has 0 bridgehead atoms. The first kappa shape index (κ1) is 13.6. The summed E-state index contributed by atoms with van der Waals surface area (Å²) in [5, 5.41) is 12.4. The second-order valence-electron chi connectivity index (χ2n) is 3.69. The Labute approximate surface area is 122 Å². The van der Waals surface area contributed by atoms with E-state index in [-0.39, 0.29) is 22.2 Å². The highest BCUT2D eigenvalue weighted by Crippen LogP contribution is 2.27. The number of aromatic hydroxyl groups is 1. The van der Waals surface area contributed by atoms with Gasteiger partial charge in [0.1, 0.15) is 0 Å². The van der Waals surface area contributed by atoms with Gasteiger partial charge in [0.15, 0.2) is 10.9 Å². The van der Waals surface area contributed by atoms with Gasteiger partial charge in [-0.3, -0.25) is 4.79 Å². The van der Waals surface area contributed by atoms with Crippen LogP contribution in [-0.2, 0) is 0 Å². The summed E-state index contributed by atoms with van der Waals surface area (Å²) in [4.78, 5) is 15.9. The third-order valence-electron chi connectivity index (χ3n) is 2.37. The number of para-hydroxylation sites is 1. The fraction of sp³-hybridized carbons (Fsp3) is 0. The molecule has 0 saturated carbocycles. The van der Waals surface area contributed by atoms with Crippen molar-refractivity contribution in [1.82, 2.24) is 4.98 Å². The minimum atomic E-state index is -0.522. The van der Waals surface area contributed by atoms with Crippen LogP contribution in [0.25, 0.3) is 0 Å². The Morgan fingerprint density at radius 3 is 2.95 bits per heavy atom. The van der Waals surface area contributed by atoms with Crippen molar-refractivity contribution in [2.45, 2.75) is 0 Å². The maximum absolute atomic E-state index is 12.0. The lowest BCUT2D eigenvalue weighted by atomic mass is 10.1.